The van der Waals surface area contributed by atoms with Gasteiger partial charge in [0.25, 0.3) is 0 Å². The van der Waals surface area contributed by atoms with Crippen LogP contribution in [0.5, 0.6) is 0 Å². The molecule has 0 spiro atoms. The topological polar surface area (TPSA) is 39.1 Å². The highest BCUT2D eigenvalue weighted by molar-refractivity contribution is 5.18. The third kappa shape index (κ3) is 3.12. The normalized spacial score (nSPS) is 31.7. The number of likely N-dealkylation sites (tertiary alicyclic amines) is 1. The maximum Gasteiger partial charge on any atom is 0.122 e. The molecule has 1 heterocycles. The molecule has 1 saturated heterocycles. The molecule has 2 saturated carbocycles. The molecule has 3 fully saturated rings. The van der Waals surface area contributed by atoms with Crippen molar-refractivity contribution in [3.05, 3.63) is 0 Å². The largest absolute Gasteiger partial charge is 0.300 e. The van der Waals surface area contributed by atoms with E-state index in [1.807, 2.05) is 0 Å². The maximum atomic E-state index is 9.78. The van der Waals surface area contributed by atoms with E-state index in [9.17, 15) is 5.26 Å². The smallest absolute Gasteiger partial charge is 0.122 e. The predicted molar refractivity (Wildman–Crippen MR) is 76.7 cm³/mol. The minimum atomic E-state index is -0.239. The van der Waals surface area contributed by atoms with Crippen LogP contribution in [-0.2, 0) is 0 Å². The molecule has 0 bridgehead atoms. The second kappa shape index (κ2) is 5.42. The molecule has 0 aromatic rings. The lowest BCUT2D eigenvalue weighted by atomic mass is 9.90. The Bertz CT molecular complexity index is 353. The average Bonchev–Trinajstić information content (AvgIpc) is 3.30. The zero-order valence-electron chi connectivity index (χ0n) is 12.2. The van der Waals surface area contributed by atoms with Gasteiger partial charge in [0.15, 0.2) is 0 Å². The number of nitriles is 1. The van der Waals surface area contributed by atoms with Gasteiger partial charge in [0.2, 0.25) is 0 Å². The van der Waals surface area contributed by atoms with Crippen molar-refractivity contribution < 1.29 is 0 Å². The summed E-state index contributed by atoms with van der Waals surface area (Å²) in [6.45, 7) is 5.66. The summed E-state index contributed by atoms with van der Waals surface area (Å²) in [4.78, 5) is 2.56. The van der Waals surface area contributed by atoms with Gasteiger partial charge in [0.05, 0.1) is 6.07 Å². The molecule has 1 aliphatic heterocycles. The van der Waals surface area contributed by atoms with Crippen molar-refractivity contribution in [1.29, 1.82) is 5.26 Å². The standard InChI is InChI=1S/C16H27N3/c1-2-13-4-3-9-19(10-13)12-16(11-17,14-5-6-14)18-15-7-8-15/h13-15,18H,2-10,12H2,1H3. The zero-order valence-corrected chi connectivity index (χ0v) is 12.2. The first kappa shape index (κ1) is 13.4. The lowest BCUT2D eigenvalue weighted by Gasteiger charge is -2.38. The van der Waals surface area contributed by atoms with Gasteiger partial charge < -0.3 is 4.90 Å². The molecule has 3 nitrogen and oxygen atoms in total. The number of piperidine rings is 1. The van der Waals surface area contributed by atoms with Crippen molar-refractivity contribution in [2.45, 2.75) is 63.5 Å². The van der Waals surface area contributed by atoms with E-state index in [2.05, 4.69) is 23.2 Å². The van der Waals surface area contributed by atoms with Gasteiger partial charge in [0, 0.05) is 19.1 Å². The summed E-state index contributed by atoms with van der Waals surface area (Å²) < 4.78 is 0. The Labute approximate surface area is 117 Å². The van der Waals surface area contributed by atoms with E-state index in [1.165, 1.54) is 58.0 Å². The third-order valence-corrected chi connectivity index (χ3v) is 5.17. The summed E-state index contributed by atoms with van der Waals surface area (Å²) in [5.74, 6) is 1.46. The maximum absolute atomic E-state index is 9.78. The van der Waals surface area contributed by atoms with E-state index in [-0.39, 0.29) is 5.54 Å². The van der Waals surface area contributed by atoms with Crippen molar-refractivity contribution in [3.63, 3.8) is 0 Å². The second-order valence-corrected chi connectivity index (χ2v) is 6.93. The molecule has 1 N–H and O–H groups in total. The summed E-state index contributed by atoms with van der Waals surface area (Å²) >= 11 is 0. The van der Waals surface area contributed by atoms with Gasteiger partial charge in [-0.1, -0.05) is 13.3 Å². The Morgan fingerprint density at radius 1 is 1.26 bits per heavy atom. The fourth-order valence-electron chi connectivity index (χ4n) is 3.60. The van der Waals surface area contributed by atoms with Crippen LogP contribution in [0.3, 0.4) is 0 Å². The molecular weight excluding hydrogens is 234 g/mol. The molecule has 0 aromatic carbocycles. The van der Waals surface area contributed by atoms with E-state index >= 15 is 0 Å². The minimum Gasteiger partial charge on any atom is -0.300 e. The SMILES string of the molecule is CCC1CCCN(CC(C#N)(NC2CC2)C2CC2)C1. The van der Waals surface area contributed by atoms with Crippen LogP contribution >= 0.6 is 0 Å². The zero-order chi connectivity index (χ0) is 13.3. The quantitative estimate of drug-likeness (QED) is 0.798. The predicted octanol–water partition coefficient (Wildman–Crippen LogP) is 2.53. The Morgan fingerprint density at radius 2 is 2.05 bits per heavy atom. The van der Waals surface area contributed by atoms with Crippen molar-refractivity contribution in [2.75, 3.05) is 19.6 Å². The van der Waals surface area contributed by atoms with E-state index in [4.69, 9.17) is 0 Å². The van der Waals surface area contributed by atoms with Gasteiger partial charge >= 0.3 is 0 Å². The molecule has 3 aliphatic rings. The Kier molecular flexibility index (Phi) is 3.82. The van der Waals surface area contributed by atoms with E-state index in [1.54, 1.807) is 0 Å². The summed E-state index contributed by atoms with van der Waals surface area (Å²) in [5.41, 5.74) is -0.239. The summed E-state index contributed by atoms with van der Waals surface area (Å²) in [5, 5.41) is 13.5. The lowest BCUT2D eigenvalue weighted by molar-refractivity contribution is 0.131. The average molecular weight is 261 g/mol. The van der Waals surface area contributed by atoms with Crippen LogP contribution in [0.25, 0.3) is 0 Å². The van der Waals surface area contributed by atoms with E-state index < -0.39 is 0 Å². The first-order valence-electron chi connectivity index (χ1n) is 8.17. The molecule has 2 atom stereocenters. The van der Waals surface area contributed by atoms with Crippen LogP contribution in [0.2, 0.25) is 0 Å². The Morgan fingerprint density at radius 3 is 2.63 bits per heavy atom. The van der Waals surface area contributed by atoms with Crippen LogP contribution in [0.15, 0.2) is 0 Å². The van der Waals surface area contributed by atoms with Gasteiger partial charge in [-0.25, -0.2) is 0 Å². The number of nitrogens with zero attached hydrogens (tertiary/aromatic N) is 2. The van der Waals surface area contributed by atoms with Crippen LogP contribution in [0.1, 0.15) is 51.9 Å². The molecule has 106 valence electrons. The highest BCUT2D eigenvalue weighted by Crippen LogP contribution is 2.42. The fraction of sp³-hybridized carbons (Fsp3) is 0.938. The highest BCUT2D eigenvalue weighted by atomic mass is 15.2. The van der Waals surface area contributed by atoms with Crippen LogP contribution in [-0.4, -0.2) is 36.1 Å². The van der Waals surface area contributed by atoms with Crippen molar-refractivity contribution in [2.24, 2.45) is 11.8 Å². The van der Waals surface area contributed by atoms with Gasteiger partial charge in [-0.3, -0.25) is 5.32 Å². The first-order valence-corrected chi connectivity index (χ1v) is 8.17. The van der Waals surface area contributed by atoms with Gasteiger partial charge in [-0.15, -0.1) is 0 Å². The van der Waals surface area contributed by atoms with Crippen molar-refractivity contribution in [1.82, 2.24) is 10.2 Å². The molecule has 3 rings (SSSR count). The number of rotatable bonds is 6. The van der Waals surface area contributed by atoms with E-state index in [0.717, 1.165) is 12.5 Å². The molecular formula is C16H27N3. The second-order valence-electron chi connectivity index (χ2n) is 6.93. The Hall–Kier alpha value is -0.590. The summed E-state index contributed by atoms with van der Waals surface area (Å²) in [7, 11) is 0. The highest BCUT2D eigenvalue weighted by Gasteiger charge is 2.49. The molecule has 0 amide bonds. The van der Waals surface area contributed by atoms with Gasteiger partial charge in [-0.2, -0.15) is 5.26 Å². The van der Waals surface area contributed by atoms with Crippen LogP contribution < -0.4 is 5.32 Å². The number of hydrogen-bond acceptors (Lipinski definition) is 3. The Balaban J connectivity index is 1.64. The fourth-order valence-corrected chi connectivity index (χ4v) is 3.60. The molecule has 0 radical (unpaired) electrons. The number of hydrogen-bond donors (Lipinski definition) is 1. The molecule has 2 aliphatic carbocycles. The minimum absolute atomic E-state index is 0.239. The van der Waals surface area contributed by atoms with E-state index in [0.29, 0.717) is 12.0 Å². The van der Waals surface area contributed by atoms with Crippen LogP contribution in [0, 0.1) is 23.2 Å². The first-order chi connectivity index (χ1) is 9.25. The molecule has 2 unspecified atom stereocenters. The monoisotopic (exact) mass is 261 g/mol. The third-order valence-electron chi connectivity index (χ3n) is 5.17. The lowest BCUT2D eigenvalue weighted by Crippen LogP contribution is -2.56. The molecule has 3 heteroatoms. The van der Waals surface area contributed by atoms with Crippen LogP contribution in [0.4, 0.5) is 0 Å². The summed E-state index contributed by atoms with van der Waals surface area (Å²) in [6, 6.07) is 3.31. The van der Waals surface area contributed by atoms with Crippen molar-refractivity contribution >= 4 is 0 Å². The van der Waals surface area contributed by atoms with Gasteiger partial charge in [0.1, 0.15) is 5.54 Å². The van der Waals surface area contributed by atoms with Gasteiger partial charge in [-0.05, 0) is 56.9 Å². The number of nitrogens with one attached hydrogen (secondary N) is 1. The molecule has 0 aromatic heterocycles. The van der Waals surface area contributed by atoms with Crippen molar-refractivity contribution in [3.8, 4) is 6.07 Å². The summed E-state index contributed by atoms with van der Waals surface area (Å²) in [6.07, 6.45) is 9.02. The molecule has 19 heavy (non-hydrogen) atoms.